The van der Waals surface area contributed by atoms with Crippen molar-refractivity contribution in [2.45, 2.75) is 25.7 Å². The Morgan fingerprint density at radius 3 is 2.86 bits per heavy atom. The van der Waals surface area contributed by atoms with Crippen LogP contribution < -0.4 is 11.5 Å². The van der Waals surface area contributed by atoms with Gasteiger partial charge in [0.05, 0.1) is 15.7 Å². The molecule has 0 radical (unpaired) electrons. The molecule has 2 aromatic heterocycles. The SMILES string of the molecule is Cc1ccnc2c1/C(=N\N=C(N)N)CC(c1ccsc1Cl)C2. The molecule has 0 spiro atoms. The van der Waals surface area contributed by atoms with E-state index in [1.807, 2.05) is 24.6 Å². The van der Waals surface area contributed by atoms with Gasteiger partial charge in [-0.3, -0.25) is 4.98 Å². The molecule has 1 atom stereocenters. The summed E-state index contributed by atoms with van der Waals surface area (Å²) in [5.41, 5.74) is 16.0. The van der Waals surface area contributed by atoms with E-state index >= 15 is 0 Å². The summed E-state index contributed by atoms with van der Waals surface area (Å²) in [4.78, 5) is 4.52. The number of thiophene rings is 1. The molecule has 0 aliphatic heterocycles. The third-order valence-electron chi connectivity index (χ3n) is 3.78. The second kappa shape index (κ2) is 6.06. The van der Waals surface area contributed by atoms with Gasteiger partial charge in [0.2, 0.25) is 5.96 Å². The summed E-state index contributed by atoms with van der Waals surface area (Å²) in [6.07, 6.45) is 3.41. The predicted molar refractivity (Wildman–Crippen MR) is 91.7 cm³/mol. The van der Waals surface area contributed by atoms with E-state index in [0.717, 1.165) is 45.3 Å². The lowest BCUT2D eigenvalue weighted by atomic mass is 9.81. The Balaban J connectivity index is 2.08. The third-order valence-corrected chi connectivity index (χ3v) is 4.98. The fourth-order valence-electron chi connectivity index (χ4n) is 2.83. The number of guanidine groups is 1. The van der Waals surface area contributed by atoms with Crippen LogP contribution in [0.15, 0.2) is 33.9 Å². The topological polar surface area (TPSA) is 89.6 Å². The molecule has 22 heavy (non-hydrogen) atoms. The highest BCUT2D eigenvalue weighted by Crippen LogP contribution is 2.38. The van der Waals surface area contributed by atoms with Crippen LogP contribution in [0.2, 0.25) is 4.34 Å². The van der Waals surface area contributed by atoms with Crippen molar-refractivity contribution in [2.24, 2.45) is 21.7 Å². The molecule has 0 bridgehead atoms. The highest BCUT2D eigenvalue weighted by atomic mass is 35.5. The minimum Gasteiger partial charge on any atom is -0.369 e. The van der Waals surface area contributed by atoms with E-state index in [-0.39, 0.29) is 11.9 Å². The first-order valence-electron chi connectivity index (χ1n) is 6.89. The zero-order valence-electron chi connectivity index (χ0n) is 12.1. The summed E-state index contributed by atoms with van der Waals surface area (Å²) in [6.45, 7) is 2.05. The second-order valence-corrected chi connectivity index (χ2v) is 6.79. The van der Waals surface area contributed by atoms with Gasteiger partial charge in [-0.2, -0.15) is 5.10 Å². The van der Waals surface area contributed by atoms with Crippen molar-refractivity contribution >= 4 is 34.6 Å². The van der Waals surface area contributed by atoms with Gasteiger partial charge in [0, 0.05) is 11.8 Å². The zero-order valence-corrected chi connectivity index (χ0v) is 13.7. The molecule has 0 fully saturated rings. The molecular formula is C15H16ClN5S. The smallest absolute Gasteiger partial charge is 0.211 e. The molecule has 2 aromatic rings. The van der Waals surface area contributed by atoms with Crippen molar-refractivity contribution < 1.29 is 0 Å². The Morgan fingerprint density at radius 2 is 2.18 bits per heavy atom. The first-order chi connectivity index (χ1) is 10.6. The van der Waals surface area contributed by atoms with Gasteiger partial charge >= 0.3 is 0 Å². The van der Waals surface area contributed by atoms with Crippen LogP contribution >= 0.6 is 22.9 Å². The monoisotopic (exact) mass is 333 g/mol. The second-order valence-electron chi connectivity index (χ2n) is 5.28. The number of halogens is 1. The summed E-state index contributed by atoms with van der Waals surface area (Å²) < 4.78 is 0.822. The molecule has 0 amide bonds. The molecule has 2 heterocycles. The van der Waals surface area contributed by atoms with Crippen molar-refractivity contribution in [2.75, 3.05) is 0 Å². The fourth-order valence-corrected chi connectivity index (χ4v) is 3.91. The molecule has 1 aliphatic rings. The number of aromatic nitrogens is 1. The van der Waals surface area contributed by atoms with Gasteiger partial charge in [0.25, 0.3) is 0 Å². The minimum atomic E-state index is -0.0497. The minimum absolute atomic E-state index is 0.0497. The molecule has 7 heteroatoms. The van der Waals surface area contributed by atoms with Crippen LogP contribution in [0.1, 0.15) is 34.7 Å². The first-order valence-corrected chi connectivity index (χ1v) is 8.15. The molecule has 4 N–H and O–H groups in total. The maximum Gasteiger partial charge on any atom is 0.211 e. The van der Waals surface area contributed by atoms with E-state index in [1.54, 1.807) is 0 Å². The standard InChI is InChI=1S/C15H16ClN5S/c1-8-2-4-19-11-6-9(10-3-5-22-14(10)16)7-12(13(8)11)20-21-15(17)18/h2-5,9H,6-7H2,1H3,(H4,17,18,21)/b20-12-. The van der Waals surface area contributed by atoms with Gasteiger partial charge in [-0.15, -0.1) is 16.4 Å². The quantitative estimate of drug-likeness (QED) is 0.503. The summed E-state index contributed by atoms with van der Waals surface area (Å²) in [5.74, 6) is 0.194. The van der Waals surface area contributed by atoms with Gasteiger partial charge in [-0.05, 0) is 54.3 Å². The van der Waals surface area contributed by atoms with Crippen molar-refractivity contribution in [3.63, 3.8) is 0 Å². The number of nitrogens with two attached hydrogens (primary N) is 2. The summed E-state index contributed by atoms with van der Waals surface area (Å²) in [7, 11) is 0. The van der Waals surface area contributed by atoms with Crippen molar-refractivity contribution in [1.29, 1.82) is 0 Å². The van der Waals surface area contributed by atoms with Gasteiger partial charge < -0.3 is 11.5 Å². The number of hydrogen-bond acceptors (Lipinski definition) is 4. The largest absolute Gasteiger partial charge is 0.369 e. The lowest BCUT2D eigenvalue weighted by Gasteiger charge is -2.25. The normalized spacial score (nSPS) is 19.0. The van der Waals surface area contributed by atoms with Gasteiger partial charge in [-0.25, -0.2) is 0 Å². The van der Waals surface area contributed by atoms with E-state index < -0.39 is 0 Å². The molecule has 0 aromatic carbocycles. The molecule has 5 nitrogen and oxygen atoms in total. The van der Waals surface area contributed by atoms with Crippen molar-refractivity contribution in [1.82, 2.24) is 4.98 Å². The molecular weight excluding hydrogens is 318 g/mol. The van der Waals surface area contributed by atoms with Crippen LogP contribution in [0.4, 0.5) is 0 Å². The van der Waals surface area contributed by atoms with Crippen LogP contribution in [0, 0.1) is 6.92 Å². The summed E-state index contributed by atoms with van der Waals surface area (Å²) in [5, 5.41) is 10.1. The van der Waals surface area contributed by atoms with E-state index in [9.17, 15) is 0 Å². The van der Waals surface area contributed by atoms with Crippen molar-refractivity contribution in [3.8, 4) is 0 Å². The average molecular weight is 334 g/mol. The van der Waals surface area contributed by atoms with Crippen LogP contribution in [0.3, 0.4) is 0 Å². The Morgan fingerprint density at radius 1 is 1.36 bits per heavy atom. The van der Waals surface area contributed by atoms with Gasteiger partial charge in [0.1, 0.15) is 0 Å². The predicted octanol–water partition coefficient (Wildman–Crippen LogP) is 2.81. The average Bonchev–Trinajstić information content (AvgIpc) is 2.90. The van der Waals surface area contributed by atoms with E-state index in [1.165, 1.54) is 11.3 Å². The third kappa shape index (κ3) is 2.84. The highest BCUT2D eigenvalue weighted by molar-refractivity contribution is 7.14. The lowest BCUT2D eigenvalue weighted by molar-refractivity contribution is 0.680. The maximum absolute atomic E-state index is 6.30. The van der Waals surface area contributed by atoms with Crippen LogP contribution in [0.25, 0.3) is 0 Å². The van der Waals surface area contributed by atoms with Crippen molar-refractivity contribution in [3.05, 3.63) is 50.4 Å². The number of rotatable bonds is 2. The summed E-state index contributed by atoms with van der Waals surface area (Å²) >= 11 is 7.84. The summed E-state index contributed by atoms with van der Waals surface area (Å²) in [6, 6.07) is 4.04. The van der Waals surface area contributed by atoms with Crippen LogP contribution in [0.5, 0.6) is 0 Å². The zero-order chi connectivity index (χ0) is 15.7. The number of aryl methyl sites for hydroxylation is 1. The van der Waals surface area contributed by atoms with E-state index in [4.69, 9.17) is 23.1 Å². The maximum atomic E-state index is 6.30. The Hall–Kier alpha value is -1.92. The number of hydrogen-bond donors (Lipinski definition) is 2. The molecule has 114 valence electrons. The number of fused-ring (bicyclic) bond motifs is 1. The lowest BCUT2D eigenvalue weighted by Crippen LogP contribution is -2.24. The fraction of sp³-hybridized carbons (Fsp3) is 0.267. The Bertz CT molecular complexity index is 761. The molecule has 1 unspecified atom stereocenters. The molecule has 3 rings (SSSR count). The number of pyridine rings is 1. The van der Waals surface area contributed by atoms with E-state index in [0.29, 0.717) is 0 Å². The molecule has 1 aliphatic carbocycles. The van der Waals surface area contributed by atoms with Gasteiger partial charge in [0.15, 0.2) is 0 Å². The molecule has 0 saturated carbocycles. The van der Waals surface area contributed by atoms with E-state index in [2.05, 4.69) is 21.3 Å². The number of nitrogens with zero attached hydrogens (tertiary/aromatic N) is 3. The highest BCUT2D eigenvalue weighted by Gasteiger charge is 2.28. The van der Waals surface area contributed by atoms with Crippen LogP contribution in [-0.2, 0) is 6.42 Å². The van der Waals surface area contributed by atoms with Crippen LogP contribution in [-0.4, -0.2) is 16.7 Å². The molecule has 0 saturated heterocycles. The first kappa shape index (κ1) is 15.0. The Kier molecular flexibility index (Phi) is 4.13. The Labute approximate surface area is 137 Å². The van der Waals surface area contributed by atoms with Gasteiger partial charge in [-0.1, -0.05) is 11.6 Å².